The Labute approximate surface area is 113 Å². The predicted octanol–water partition coefficient (Wildman–Crippen LogP) is 1.41. The summed E-state index contributed by atoms with van der Waals surface area (Å²) in [5.74, 6) is -0.0542. The summed E-state index contributed by atoms with van der Waals surface area (Å²) >= 11 is 0. The molecule has 2 fully saturated rings. The maximum absolute atomic E-state index is 12.4. The molecular formula is C15H18N2O2. The number of rotatable bonds is 3. The summed E-state index contributed by atoms with van der Waals surface area (Å²) in [6.07, 6.45) is 2.62. The first-order chi connectivity index (χ1) is 9.25. The maximum Gasteiger partial charge on any atom is 0.247 e. The largest absolute Gasteiger partial charge is 0.292 e. The molecule has 1 aromatic rings. The molecule has 1 aromatic carbocycles. The van der Waals surface area contributed by atoms with Crippen LogP contribution in [-0.4, -0.2) is 40.7 Å². The number of imide groups is 1. The van der Waals surface area contributed by atoms with E-state index in [9.17, 15) is 9.59 Å². The molecule has 1 atom stereocenters. The van der Waals surface area contributed by atoms with Gasteiger partial charge in [-0.1, -0.05) is 30.3 Å². The third-order valence-electron chi connectivity index (χ3n) is 3.99. The molecule has 19 heavy (non-hydrogen) atoms. The van der Waals surface area contributed by atoms with Crippen molar-refractivity contribution in [2.75, 3.05) is 13.1 Å². The number of nitrogens with zero attached hydrogens (tertiary/aromatic N) is 2. The summed E-state index contributed by atoms with van der Waals surface area (Å²) in [6.45, 7) is 2.30. The first kappa shape index (κ1) is 12.4. The molecule has 3 rings (SSSR count). The Hall–Kier alpha value is -1.68. The molecule has 0 radical (unpaired) electrons. The third kappa shape index (κ3) is 2.40. The molecule has 0 bridgehead atoms. The SMILES string of the molecule is O=C1CC(N2CCCC2)C(=O)N1Cc1ccccc1. The zero-order chi connectivity index (χ0) is 13.2. The lowest BCUT2D eigenvalue weighted by atomic mass is 10.2. The molecule has 4 heteroatoms. The van der Waals surface area contributed by atoms with Crippen molar-refractivity contribution >= 4 is 11.8 Å². The Kier molecular flexibility index (Phi) is 3.34. The van der Waals surface area contributed by atoms with Crippen LogP contribution in [-0.2, 0) is 16.1 Å². The van der Waals surface area contributed by atoms with E-state index in [0.717, 1.165) is 31.5 Å². The minimum atomic E-state index is -0.210. The van der Waals surface area contributed by atoms with Crippen molar-refractivity contribution in [1.29, 1.82) is 0 Å². The highest BCUT2D eigenvalue weighted by atomic mass is 16.2. The highest BCUT2D eigenvalue weighted by molar-refractivity contribution is 6.05. The minimum Gasteiger partial charge on any atom is -0.292 e. The van der Waals surface area contributed by atoms with Gasteiger partial charge in [0.1, 0.15) is 0 Å². The van der Waals surface area contributed by atoms with Gasteiger partial charge in [-0.25, -0.2) is 0 Å². The maximum atomic E-state index is 12.4. The first-order valence-electron chi connectivity index (χ1n) is 6.88. The predicted molar refractivity (Wildman–Crippen MR) is 71.2 cm³/mol. The molecule has 0 aromatic heterocycles. The van der Waals surface area contributed by atoms with Gasteiger partial charge in [-0.15, -0.1) is 0 Å². The number of likely N-dealkylation sites (tertiary alicyclic amines) is 2. The lowest BCUT2D eigenvalue weighted by molar-refractivity contribution is -0.140. The Morgan fingerprint density at radius 3 is 2.42 bits per heavy atom. The molecule has 2 aliphatic heterocycles. The van der Waals surface area contributed by atoms with Gasteiger partial charge in [0.25, 0.3) is 0 Å². The molecule has 100 valence electrons. The molecule has 2 saturated heterocycles. The summed E-state index contributed by atoms with van der Waals surface area (Å²) < 4.78 is 0. The summed E-state index contributed by atoms with van der Waals surface area (Å²) in [5.41, 5.74) is 1.01. The second-order valence-electron chi connectivity index (χ2n) is 5.27. The summed E-state index contributed by atoms with van der Waals surface area (Å²) in [7, 11) is 0. The minimum absolute atomic E-state index is 0.0178. The van der Waals surface area contributed by atoms with Crippen molar-refractivity contribution in [3.63, 3.8) is 0 Å². The van der Waals surface area contributed by atoms with Gasteiger partial charge < -0.3 is 0 Å². The molecule has 4 nitrogen and oxygen atoms in total. The monoisotopic (exact) mass is 258 g/mol. The average Bonchev–Trinajstić information content (AvgIpc) is 3.03. The van der Waals surface area contributed by atoms with Crippen LogP contribution in [0.15, 0.2) is 30.3 Å². The van der Waals surface area contributed by atoms with E-state index in [4.69, 9.17) is 0 Å². The molecule has 0 spiro atoms. The fraction of sp³-hybridized carbons (Fsp3) is 0.467. The van der Waals surface area contributed by atoms with Crippen LogP contribution in [0.3, 0.4) is 0 Å². The van der Waals surface area contributed by atoms with Crippen LogP contribution in [0.4, 0.5) is 0 Å². The average molecular weight is 258 g/mol. The third-order valence-corrected chi connectivity index (χ3v) is 3.99. The van der Waals surface area contributed by atoms with E-state index in [1.165, 1.54) is 4.90 Å². The van der Waals surface area contributed by atoms with E-state index in [1.807, 2.05) is 30.3 Å². The van der Waals surface area contributed by atoms with E-state index in [0.29, 0.717) is 13.0 Å². The van der Waals surface area contributed by atoms with Gasteiger partial charge in [0.15, 0.2) is 0 Å². The molecule has 0 N–H and O–H groups in total. The zero-order valence-electron chi connectivity index (χ0n) is 10.9. The van der Waals surface area contributed by atoms with Gasteiger partial charge in [-0.3, -0.25) is 19.4 Å². The van der Waals surface area contributed by atoms with Crippen LogP contribution in [0, 0.1) is 0 Å². The van der Waals surface area contributed by atoms with Crippen molar-refractivity contribution in [2.45, 2.75) is 31.8 Å². The molecule has 0 aliphatic carbocycles. The van der Waals surface area contributed by atoms with Crippen molar-refractivity contribution < 1.29 is 9.59 Å². The molecular weight excluding hydrogens is 240 g/mol. The Morgan fingerprint density at radius 2 is 1.74 bits per heavy atom. The van der Waals surface area contributed by atoms with E-state index in [-0.39, 0.29) is 17.9 Å². The quantitative estimate of drug-likeness (QED) is 0.770. The number of carbonyl (C=O) groups excluding carboxylic acids is 2. The number of hydrogen-bond acceptors (Lipinski definition) is 3. The number of hydrogen-bond donors (Lipinski definition) is 0. The molecule has 2 amide bonds. The van der Waals surface area contributed by atoms with Crippen molar-refractivity contribution in [3.05, 3.63) is 35.9 Å². The highest BCUT2D eigenvalue weighted by Gasteiger charge is 2.42. The van der Waals surface area contributed by atoms with Crippen molar-refractivity contribution in [3.8, 4) is 0 Å². The molecule has 2 aliphatic rings. The van der Waals surface area contributed by atoms with E-state index < -0.39 is 0 Å². The normalized spacial score (nSPS) is 24.4. The highest BCUT2D eigenvalue weighted by Crippen LogP contribution is 2.24. The first-order valence-corrected chi connectivity index (χ1v) is 6.88. The topological polar surface area (TPSA) is 40.6 Å². The van der Waals surface area contributed by atoms with Gasteiger partial charge >= 0.3 is 0 Å². The summed E-state index contributed by atoms with van der Waals surface area (Å²) in [6, 6.07) is 9.48. The van der Waals surface area contributed by atoms with Crippen molar-refractivity contribution in [1.82, 2.24) is 9.80 Å². The Morgan fingerprint density at radius 1 is 1.05 bits per heavy atom. The molecule has 2 heterocycles. The second-order valence-corrected chi connectivity index (χ2v) is 5.27. The Bertz CT molecular complexity index is 480. The van der Waals surface area contributed by atoms with E-state index in [2.05, 4.69) is 4.90 Å². The van der Waals surface area contributed by atoms with Crippen LogP contribution in [0.1, 0.15) is 24.8 Å². The summed E-state index contributed by atoms with van der Waals surface area (Å²) in [4.78, 5) is 28.0. The van der Waals surface area contributed by atoms with Crippen molar-refractivity contribution in [2.24, 2.45) is 0 Å². The van der Waals surface area contributed by atoms with Gasteiger partial charge in [0, 0.05) is 0 Å². The van der Waals surface area contributed by atoms with Crippen LogP contribution >= 0.6 is 0 Å². The molecule has 1 unspecified atom stereocenters. The van der Waals surface area contributed by atoms with Gasteiger partial charge in [-0.2, -0.15) is 0 Å². The fourth-order valence-corrected chi connectivity index (χ4v) is 2.94. The van der Waals surface area contributed by atoms with E-state index >= 15 is 0 Å². The Balaban J connectivity index is 1.72. The smallest absolute Gasteiger partial charge is 0.247 e. The van der Waals surface area contributed by atoms with Gasteiger partial charge in [0.05, 0.1) is 19.0 Å². The van der Waals surface area contributed by atoms with Crippen LogP contribution < -0.4 is 0 Å². The van der Waals surface area contributed by atoms with E-state index in [1.54, 1.807) is 0 Å². The molecule has 0 saturated carbocycles. The van der Waals surface area contributed by atoms with Gasteiger partial charge in [-0.05, 0) is 31.5 Å². The number of benzene rings is 1. The van der Waals surface area contributed by atoms with Gasteiger partial charge in [0.2, 0.25) is 11.8 Å². The second kappa shape index (κ2) is 5.13. The lowest BCUT2D eigenvalue weighted by Gasteiger charge is -2.21. The zero-order valence-corrected chi connectivity index (χ0v) is 10.9. The standard InChI is InChI=1S/C15H18N2O2/c18-14-10-13(16-8-4-5-9-16)15(19)17(14)11-12-6-2-1-3-7-12/h1-3,6-7,13H,4-5,8-11H2. The van der Waals surface area contributed by atoms with Crippen LogP contribution in [0.2, 0.25) is 0 Å². The fourth-order valence-electron chi connectivity index (χ4n) is 2.94. The summed E-state index contributed by atoms with van der Waals surface area (Å²) in [5, 5.41) is 0. The van der Waals surface area contributed by atoms with Crippen LogP contribution in [0.25, 0.3) is 0 Å². The van der Waals surface area contributed by atoms with Crippen LogP contribution in [0.5, 0.6) is 0 Å². The number of amides is 2. The lowest BCUT2D eigenvalue weighted by Crippen LogP contribution is -2.40. The number of carbonyl (C=O) groups is 2.